The summed E-state index contributed by atoms with van der Waals surface area (Å²) in [6.07, 6.45) is 2.31. The van der Waals surface area contributed by atoms with Gasteiger partial charge in [-0.15, -0.1) is 0 Å². The molecule has 2 aromatic rings. The molecule has 2 atom stereocenters. The van der Waals surface area contributed by atoms with Crippen molar-refractivity contribution in [1.82, 2.24) is 4.90 Å². The van der Waals surface area contributed by atoms with Crippen LogP contribution >= 0.6 is 0 Å². The number of hydrogen-bond acceptors (Lipinski definition) is 3. The molecule has 3 rings (SSSR count). The van der Waals surface area contributed by atoms with Gasteiger partial charge in [0.05, 0.1) is 12.6 Å². The number of anilines is 1. The van der Waals surface area contributed by atoms with E-state index in [2.05, 4.69) is 5.32 Å². The fourth-order valence-corrected chi connectivity index (χ4v) is 3.83. The maximum absolute atomic E-state index is 13.1. The van der Waals surface area contributed by atoms with Gasteiger partial charge < -0.3 is 15.0 Å². The Hall–Kier alpha value is -2.66. The molecular weight excluding hydrogens is 376 g/mol. The van der Waals surface area contributed by atoms with Gasteiger partial charge in [-0.25, -0.2) is 0 Å². The molecule has 30 heavy (non-hydrogen) atoms. The molecule has 5 nitrogen and oxygen atoms in total. The van der Waals surface area contributed by atoms with Crippen LogP contribution in [0.4, 0.5) is 5.69 Å². The first kappa shape index (κ1) is 22.0. The number of ether oxygens (including phenoxy) is 1. The lowest BCUT2D eigenvalue weighted by Crippen LogP contribution is -2.42. The fourth-order valence-electron chi connectivity index (χ4n) is 3.83. The van der Waals surface area contributed by atoms with E-state index in [0.29, 0.717) is 13.0 Å². The minimum atomic E-state index is -0.178. The van der Waals surface area contributed by atoms with Crippen LogP contribution in [0.5, 0.6) is 0 Å². The molecule has 1 aliphatic rings. The third-order valence-corrected chi connectivity index (χ3v) is 5.86. The quantitative estimate of drug-likeness (QED) is 0.702. The van der Waals surface area contributed by atoms with Gasteiger partial charge in [0.2, 0.25) is 11.8 Å². The number of nitrogens with zero attached hydrogens (tertiary/aromatic N) is 1. The molecule has 1 heterocycles. The zero-order valence-corrected chi connectivity index (χ0v) is 18.2. The van der Waals surface area contributed by atoms with Gasteiger partial charge in [0.15, 0.2) is 0 Å². The molecule has 160 valence electrons. The lowest BCUT2D eigenvalue weighted by Gasteiger charge is -2.26. The van der Waals surface area contributed by atoms with Crippen LogP contribution < -0.4 is 5.32 Å². The fraction of sp³-hybridized carbons (Fsp3) is 0.440. The zero-order valence-electron chi connectivity index (χ0n) is 18.2. The zero-order chi connectivity index (χ0) is 21.5. The summed E-state index contributed by atoms with van der Waals surface area (Å²) in [5, 5.41) is 2.97. The van der Waals surface area contributed by atoms with E-state index in [1.54, 1.807) is 4.90 Å². The molecule has 2 amide bonds. The van der Waals surface area contributed by atoms with Gasteiger partial charge >= 0.3 is 0 Å². The maximum Gasteiger partial charge on any atom is 0.244 e. The van der Waals surface area contributed by atoms with E-state index < -0.39 is 0 Å². The number of aryl methyl sites for hydroxylation is 1. The van der Waals surface area contributed by atoms with Gasteiger partial charge in [0.25, 0.3) is 0 Å². The minimum Gasteiger partial charge on any atom is -0.376 e. The molecule has 1 fully saturated rings. The molecule has 0 saturated carbocycles. The molecule has 1 N–H and O–H groups in total. The SMILES string of the molecule is Cc1cccc(NC(=O)CN(CC2CCCO2)C(=O)CC(C)c2ccccc2)c1C. The first-order valence-corrected chi connectivity index (χ1v) is 10.7. The summed E-state index contributed by atoms with van der Waals surface area (Å²) in [6, 6.07) is 15.8. The third kappa shape index (κ3) is 5.92. The van der Waals surface area contributed by atoms with Gasteiger partial charge in [0.1, 0.15) is 0 Å². The Morgan fingerprint density at radius 2 is 1.90 bits per heavy atom. The van der Waals surface area contributed by atoms with Crippen molar-refractivity contribution in [2.24, 2.45) is 0 Å². The van der Waals surface area contributed by atoms with Gasteiger partial charge in [-0.1, -0.05) is 49.4 Å². The molecule has 0 bridgehead atoms. The Morgan fingerprint density at radius 1 is 1.13 bits per heavy atom. The van der Waals surface area contributed by atoms with Crippen LogP contribution in [0.3, 0.4) is 0 Å². The van der Waals surface area contributed by atoms with Gasteiger partial charge in [-0.3, -0.25) is 9.59 Å². The Labute approximate surface area is 179 Å². The highest BCUT2D eigenvalue weighted by Crippen LogP contribution is 2.22. The molecule has 2 unspecified atom stereocenters. The maximum atomic E-state index is 13.1. The number of benzene rings is 2. The van der Waals surface area contributed by atoms with Crippen molar-refractivity contribution >= 4 is 17.5 Å². The van der Waals surface area contributed by atoms with Crippen LogP contribution in [0.15, 0.2) is 48.5 Å². The van der Waals surface area contributed by atoms with Gasteiger partial charge in [-0.2, -0.15) is 0 Å². The second-order valence-corrected chi connectivity index (χ2v) is 8.22. The number of carbonyl (C=O) groups excluding carboxylic acids is 2. The molecular formula is C25H32N2O3. The number of amides is 2. The van der Waals surface area contributed by atoms with Crippen LogP contribution in [0.25, 0.3) is 0 Å². The summed E-state index contributed by atoms with van der Waals surface area (Å²) in [5.74, 6) is -0.104. The van der Waals surface area contributed by atoms with Crippen molar-refractivity contribution in [3.05, 3.63) is 65.2 Å². The van der Waals surface area contributed by atoms with Gasteiger partial charge in [-0.05, 0) is 55.4 Å². The highest BCUT2D eigenvalue weighted by molar-refractivity contribution is 5.95. The van der Waals surface area contributed by atoms with E-state index >= 15 is 0 Å². The van der Waals surface area contributed by atoms with Crippen molar-refractivity contribution in [1.29, 1.82) is 0 Å². The molecule has 0 radical (unpaired) electrons. The smallest absolute Gasteiger partial charge is 0.244 e. The summed E-state index contributed by atoms with van der Waals surface area (Å²) < 4.78 is 5.73. The van der Waals surface area contributed by atoms with E-state index in [-0.39, 0.29) is 30.4 Å². The summed E-state index contributed by atoms with van der Waals surface area (Å²) >= 11 is 0. The summed E-state index contributed by atoms with van der Waals surface area (Å²) in [5.41, 5.74) is 4.09. The lowest BCUT2D eigenvalue weighted by molar-refractivity contribution is -0.136. The van der Waals surface area contributed by atoms with Gasteiger partial charge in [0, 0.05) is 25.3 Å². The average molecular weight is 409 g/mol. The highest BCUT2D eigenvalue weighted by Gasteiger charge is 2.25. The largest absolute Gasteiger partial charge is 0.376 e. The Morgan fingerprint density at radius 3 is 2.60 bits per heavy atom. The second-order valence-electron chi connectivity index (χ2n) is 8.22. The summed E-state index contributed by atoms with van der Waals surface area (Å²) in [7, 11) is 0. The predicted octanol–water partition coefficient (Wildman–Crippen LogP) is 4.44. The minimum absolute atomic E-state index is 0.00878. The number of nitrogens with one attached hydrogen (secondary N) is 1. The van der Waals surface area contributed by atoms with E-state index in [4.69, 9.17) is 4.74 Å². The van der Waals surface area contributed by atoms with Crippen LogP contribution in [0.2, 0.25) is 0 Å². The molecule has 1 saturated heterocycles. The number of carbonyl (C=O) groups is 2. The Bertz CT molecular complexity index is 860. The van der Waals surface area contributed by atoms with E-state index in [1.807, 2.05) is 69.3 Å². The topological polar surface area (TPSA) is 58.6 Å². The standard InChI is InChI=1S/C25H32N2O3/c1-18-9-7-13-23(20(18)3)26-24(28)17-27(16-22-12-8-14-30-22)25(29)15-19(2)21-10-5-4-6-11-21/h4-7,9-11,13,19,22H,8,12,14-17H2,1-3H3,(H,26,28). The van der Waals surface area contributed by atoms with E-state index in [1.165, 1.54) is 0 Å². The molecule has 0 aliphatic carbocycles. The molecule has 5 heteroatoms. The van der Waals surface area contributed by atoms with Crippen molar-refractivity contribution < 1.29 is 14.3 Å². The highest BCUT2D eigenvalue weighted by atomic mass is 16.5. The van der Waals surface area contributed by atoms with Crippen molar-refractivity contribution in [3.8, 4) is 0 Å². The van der Waals surface area contributed by atoms with Crippen LogP contribution in [0, 0.1) is 13.8 Å². The first-order valence-electron chi connectivity index (χ1n) is 10.7. The number of hydrogen-bond donors (Lipinski definition) is 1. The second kappa shape index (κ2) is 10.4. The van der Waals surface area contributed by atoms with Crippen molar-refractivity contribution in [3.63, 3.8) is 0 Å². The normalized spacial score (nSPS) is 16.8. The summed E-state index contributed by atoms with van der Waals surface area (Å²) in [6.45, 7) is 7.27. The summed E-state index contributed by atoms with van der Waals surface area (Å²) in [4.78, 5) is 27.6. The average Bonchev–Trinajstić information content (AvgIpc) is 3.24. The molecule has 1 aliphatic heterocycles. The number of rotatable bonds is 8. The predicted molar refractivity (Wildman–Crippen MR) is 120 cm³/mol. The lowest BCUT2D eigenvalue weighted by atomic mass is 9.97. The van der Waals surface area contributed by atoms with Crippen LogP contribution in [-0.4, -0.2) is 42.5 Å². The third-order valence-electron chi connectivity index (χ3n) is 5.86. The first-order chi connectivity index (χ1) is 14.4. The molecule has 0 spiro atoms. The van der Waals surface area contributed by atoms with Crippen molar-refractivity contribution in [2.45, 2.75) is 52.1 Å². The van der Waals surface area contributed by atoms with E-state index in [0.717, 1.165) is 41.8 Å². The Kier molecular flexibility index (Phi) is 7.63. The van der Waals surface area contributed by atoms with E-state index in [9.17, 15) is 9.59 Å². The Balaban J connectivity index is 1.67. The van der Waals surface area contributed by atoms with Crippen LogP contribution in [-0.2, 0) is 14.3 Å². The van der Waals surface area contributed by atoms with Crippen molar-refractivity contribution in [2.75, 3.05) is 25.0 Å². The molecule has 2 aromatic carbocycles. The monoisotopic (exact) mass is 408 g/mol. The molecule has 0 aromatic heterocycles. The van der Waals surface area contributed by atoms with Crippen LogP contribution in [0.1, 0.15) is 48.8 Å².